The fourth-order valence-electron chi connectivity index (χ4n) is 3.49. The molecule has 0 unspecified atom stereocenters. The summed E-state index contributed by atoms with van der Waals surface area (Å²) < 4.78 is 5.34. The number of esters is 1. The topological polar surface area (TPSA) is 96.0 Å². The van der Waals surface area contributed by atoms with Crippen LogP contribution in [0.5, 0.6) is 0 Å². The molecule has 1 fully saturated rings. The average molecular weight is 458 g/mol. The third kappa shape index (κ3) is 7.73. The van der Waals surface area contributed by atoms with Gasteiger partial charge in [-0.25, -0.2) is 9.59 Å². The zero-order valence-electron chi connectivity index (χ0n) is 19.9. The molecule has 1 saturated heterocycles. The van der Waals surface area contributed by atoms with Crippen molar-refractivity contribution in [2.75, 3.05) is 26.0 Å². The molecule has 0 radical (unpaired) electrons. The van der Waals surface area contributed by atoms with Gasteiger partial charge in [0.05, 0.1) is 12.2 Å². The van der Waals surface area contributed by atoms with Crippen LogP contribution in [0.3, 0.4) is 0 Å². The van der Waals surface area contributed by atoms with Gasteiger partial charge >= 0.3 is 12.0 Å². The highest BCUT2D eigenvalue weighted by atomic mass is 16.5. The smallest absolute Gasteiger partial charge is 0.338 e. The van der Waals surface area contributed by atoms with Crippen molar-refractivity contribution < 1.29 is 23.9 Å². The number of ether oxygens (including phenoxy) is 1. The predicted molar refractivity (Wildman–Crippen MR) is 127 cm³/mol. The second-order valence-electron chi connectivity index (χ2n) is 8.25. The van der Waals surface area contributed by atoms with Gasteiger partial charge in [0.1, 0.15) is 5.57 Å². The Labute approximate surface area is 195 Å². The molecule has 4 amide bonds. The first-order valence-corrected chi connectivity index (χ1v) is 11.7. The van der Waals surface area contributed by atoms with Crippen LogP contribution in [0.2, 0.25) is 0 Å². The lowest BCUT2D eigenvalue weighted by Crippen LogP contribution is -2.53. The molecule has 0 spiro atoms. The molecule has 1 aromatic rings. The molecule has 1 aliphatic heterocycles. The SMILES string of the molecule is CCCCCCCCCCCOC(=O)c1ccc(NC=C2C(=O)N(C)C(=O)N(C)C2=O)cc1. The number of benzene rings is 1. The van der Waals surface area contributed by atoms with E-state index in [0.29, 0.717) is 17.9 Å². The van der Waals surface area contributed by atoms with Gasteiger partial charge in [0.2, 0.25) is 0 Å². The summed E-state index contributed by atoms with van der Waals surface area (Å²) >= 11 is 0. The van der Waals surface area contributed by atoms with Gasteiger partial charge in [-0.05, 0) is 30.7 Å². The number of hydrogen-bond acceptors (Lipinski definition) is 6. The Hall–Kier alpha value is -3.16. The Balaban J connectivity index is 1.73. The number of nitrogens with one attached hydrogen (secondary N) is 1. The van der Waals surface area contributed by atoms with Crippen LogP contribution in [0, 0.1) is 0 Å². The largest absolute Gasteiger partial charge is 0.462 e. The lowest BCUT2D eigenvalue weighted by Gasteiger charge is -2.28. The first-order valence-electron chi connectivity index (χ1n) is 11.7. The van der Waals surface area contributed by atoms with Crippen molar-refractivity contribution >= 4 is 29.5 Å². The Morgan fingerprint density at radius 1 is 0.848 bits per heavy atom. The quantitative estimate of drug-likeness (QED) is 0.199. The van der Waals surface area contributed by atoms with Crippen LogP contribution in [0.15, 0.2) is 36.0 Å². The minimum Gasteiger partial charge on any atom is -0.462 e. The van der Waals surface area contributed by atoms with Gasteiger partial charge in [-0.3, -0.25) is 19.4 Å². The van der Waals surface area contributed by atoms with Crippen molar-refractivity contribution in [3.05, 3.63) is 41.6 Å². The van der Waals surface area contributed by atoms with E-state index in [0.717, 1.165) is 22.6 Å². The summed E-state index contributed by atoms with van der Waals surface area (Å²) in [6.45, 7) is 2.63. The van der Waals surface area contributed by atoms with Crippen molar-refractivity contribution in [2.24, 2.45) is 0 Å². The van der Waals surface area contributed by atoms with Gasteiger partial charge in [-0.1, -0.05) is 58.3 Å². The lowest BCUT2D eigenvalue weighted by atomic mass is 10.1. The van der Waals surface area contributed by atoms with Crippen molar-refractivity contribution in [1.29, 1.82) is 0 Å². The summed E-state index contributed by atoms with van der Waals surface area (Å²) in [6, 6.07) is 5.87. The minimum absolute atomic E-state index is 0.149. The molecule has 8 heteroatoms. The highest BCUT2D eigenvalue weighted by Gasteiger charge is 2.37. The second kappa shape index (κ2) is 13.4. The first-order chi connectivity index (χ1) is 15.9. The summed E-state index contributed by atoms with van der Waals surface area (Å²) in [6.07, 6.45) is 12.1. The zero-order valence-corrected chi connectivity index (χ0v) is 19.9. The molecular formula is C25H35N3O5. The lowest BCUT2D eigenvalue weighted by molar-refractivity contribution is -0.134. The molecule has 180 valence electrons. The number of carbonyl (C=O) groups is 4. The second-order valence-corrected chi connectivity index (χ2v) is 8.25. The van der Waals surface area contributed by atoms with E-state index in [1.807, 2.05) is 0 Å². The maximum atomic E-state index is 12.2. The molecule has 0 saturated carbocycles. The van der Waals surface area contributed by atoms with Crippen LogP contribution in [-0.2, 0) is 14.3 Å². The van der Waals surface area contributed by atoms with E-state index in [9.17, 15) is 19.2 Å². The van der Waals surface area contributed by atoms with Crippen LogP contribution >= 0.6 is 0 Å². The Morgan fingerprint density at radius 2 is 1.36 bits per heavy atom. The normalized spacial score (nSPS) is 14.0. The van der Waals surface area contributed by atoms with Gasteiger partial charge in [-0.15, -0.1) is 0 Å². The molecule has 33 heavy (non-hydrogen) atoms. The highest BCUT2D eigenvalue weighted by molar-refractivity contribution is 6.28. The summed E-state index contributed by atoms with van der Waals surface area (Å²) in [7, 11) is 2.63. The Kier molecular flexibility index (Phi) is 10.6. The van der Waals surface area contributed by atoms with Crippen LogP contribution in [0.25, 0.3) is 0 Å². The van der Waals surface area contributed by atoms with E-state index in [2.05, 4.69) is 12.2 Å². The van der Waals surface area contributed by atoms with Gasteiger partial charge < -0.3 is 10.1 Å². The van der Waals surface area contributed by atoms with Crippen molar-refractivity contribution in [2.45, 2.75) is 64.7 Å². The summed E-state index contributed by atoms with van der Waals surface area (Å²) in [5.41, 5.74) is 0.865. The van der Waals surface area contributed by atoms with E-state index in [1.54, 1.807) is 24.3 Å². The van der Waals surface area contributed by atoms with Crippen LogP contribution < -0.4 is 5.32 Å². The van der Waals surface area contributed by atoms with E-state index in [1.165, 1.54) is 65.2 Å². The maximum Gasteiger partial charge on any atom is 0.338 e. The minimum atomic E-state index is -0.674. The number of rotatable bonds is 13. The molecule has 0 aliphatic carbocycles. The van der Waals surface area contributed by atoms with Crippen LogP contribution in [-0.4, -0.2) is 54.3 Å². The molecule has 0 bridgehead atoms. The van der Waals surface area contributed by atoms with E-state index >= 15 is 0 Å². The van der Waals surface area contributed by atoms with Crippen LogP contribution in [0.1, 0.15) is 75.1 Å². The van der Waals surface area contributed by atoms with E-state index < -0.39 is 17.8 Å². The monoisotopic (exact) mass is 457 g/mol. The number of urea groups is 1. The molecule has 1 aliphatic rings. The third-order valence-corrected chi connectivity index (χ3v) is 5.63. The summed E-state index contributed by atoms with van der Waals surface area (Å²) in [4.78, 5) is 50.1. The van der Waals surface area contributed by atoms with Crippen LogP contribution in [0.4, 0.5) is 10.5 Å². The van der Waals surface area contributed by atoms with Gasteiger partial charge in [0.25, 0.3) is 11.8 Å². The molecule has 0 atom stereocenters. The van der Waals surface area contributed by atoms with Gasteiger partial charge in [0, 0.05) is 26.0 Å². The number of amides is 4. The highest BCUT2D eigenvalue weighted by Crippen LogP contribution is 2.16. The molecule has 1 heterocycles. The molecular weight excluding hydrogens is 422 g/mol. The fourth-order valence-corrected chi connectivity index (χ4v) is 3.49. The number of imide groups is 2. The van der Waals surface area contributed by atoms with Crippen molar-refractivity contribution in [3.63, 3.8) is 0 Å². The molecule has 0 aromatic heterocycles. The van der Waals surface area contributed by atoms with E-state index in [-0.39, 0.29) is 11.5 Å². The fraction of sp³-hybridized carbons (Fsp3) is 0.520. The number of nitrogens with zero attached hydrogens (tertiary/aromatic N) is 2. The van der Waals surface area contributed by atoms with Gasteiger partial charge in [-0.2, -0.15) is 0 Å². The average Bonchev–Trinajstić information content (AvgIpc) is 2.83. The molecule has 1 N–H and O–H groups in total. The molecule has 1 aromatic carbocycles. The summed E-state index contributed by atoms with van der Waals surface area (Å²) in [5, 5.41) is 2.86. The van der Waals surface area contributed by atoms with Crippen molar-refractivity contribution in [1.82, 2.24) is 9.80 Å². The summed E-state index contributed by atoms with van der Waals surface area (Å²) in [5.74, 6) is -1.72. The zero-order chi connectivity index (χ0) is 24.2. The number of barbiturate groups is 1. The number of anilines is 1. The number of likely N-dealkylation sites (N-methyl/N-ethyl adjacent to an activating group) is 2. The maximum absolute atomic E-state index is 12.2. The standard InChI is InChI=1S/C25H35N3O5/c1-4-5-6-7-8-9-10-11-12-17-33-24(31)19-13-15-20(16-14-19)26-18-21-22(29)27(2)25(32)28(3)23(21)30/h13-16,18,26H,4-12,17H2,1-3H3. The molecule has 8 nitrogen and oxygen atoms in total. The van der Waals surface area contributed by atoms with Gasteiger partial charge in [0.15, 0.2) is 0 Å². The van der Waals surface area contributed by atoms with E-state index in [4.69, 9.17) is 4.74 Å². The predicted octanol–water partition coefficient (Wildman–Crippen LogP) is 4.72. The van der Waals surface area contributed by atoms with Crippen molar-refractivity contribution in [3.8, 4) is 0 Å². The Morgan fingerprint density at radius 3 is 1.91 bits per heavy atom. The number of hydrogen-bond donors (Lipinski definition) is 1. The first kappa shape index (κ1) is 26.1. The Bertz CT molecular complexity index is 837. The molecule has 2 rings (SSSR count). The number of unbranched alkanes of at least 4 members (excludes halogenated alkanes) is 8. The number of carbonyl (C=O) groups excluding carboxylic acids is 4. The third-order valence-electron chi connectivity index (χ3n) is 5.63.